The average molecular weight is 262 g/mol. The summed E-state index contributed by atoms with van der Waals surface area (Å²) in [5.41, 5.74) is 0.269. The smallest absolute Gasteiger partial charge is 0.305 e. The van der Waals surface area contributed by atoms with E-state index in [0.717, 1.165) is 24.7 Å². The molecule has 0 amide bonds. The highest BCUT2D eigenvalue weighted by molar-refractivity contribution is 5.85. The van der Waals surface area contributed by atoms with Crippen LogP contribution < -0.4 is 10.6 Å². The van der Waals surface area contributed by atoms with Crippen LogP contribution in [0.4, 0.5) is 10.1 Å². The van der Waals surface area contributed by atoms with Crippen LogP contribution in [0, 0.1) is 15.9 Å². The normalized spacial score (nSPS) is 19.5. The maximum absolute atomic E-state index is 13.1. The largest absolute Gasteiger partial charge is 0.314 e. The Kier molecular flexibility index (Phi) is 4.80. The lowest BCUT2D eigenvalue weighted by atomic mass is 10.0. The van der Waals surface area contributed by atoms with Crippen molar-refractivity contribution in [2.75, 3.05) is 19.6 Å². The fourth-order valence-corrected chi connectivity index (χ4v) is 1.78. The summed E-state index contributed by atoms with van der Waals surface area (Å²) in [6.45, 7) is 2.37. The first kappa shape index (κ1) is 13.8. The Bertz CT molecular complexity index is 411. The van der Waals surface area contributed by atoms with Crippen molar-refractivity contribution in [2.45, 2.75) is 6.04 Å². The van der Waals surface area contributed by atoms with E-state index in [0.29, 0.717) is 6.54 Å². The molecule has 0 radical (unpaired) electrons. The van der Waals surface area contributed by atoms with E-state index < -0.39 is 16.4 Å². The quantitative estimate of drug-likeness (QED) is 0.624. The van der Waals surface area contributed by atoms with Gasteiger partial charge in [0.15, 0.2) is 0 Å². The van der Waals surface area contributed by atoms with Crippen LogP contribution >= 0.6 is 12.4 Å². The van der Waals surface area contributed by atoms with Crippen LogP contribution in [-0.2, 0) is 0 Å². The van der Waals surface area contributed by atoms with Crippen molar-refractivity contribution in [3.63, 3.8) is 0 Å². The molecule has 0 aromatic heterocycles. The molecule has 1 fully saturated rings. The first-order chi connectivity index (χ1) is 7.68. The van der Waals surface area contributed by atoms with Gasteiger partial charge in [-0.2, -0.15) is 4.39 Å². The van der Waals surface area contributed by atoms with E-state index in [1.54, 1.807) is 6.07 Å². The second-order valence-corrected chi connectivity index (χ2v) is 3.68. The zero-order valence-corrected chi connectivity index (χ0v) is 9.80. The molecule has 1 saturated heterocycles. The molecular weight excluding hydrogens is 249 g/mol. The maximum Gasteiger partial charge on any atom is 0.305 e. The Balaban J connectivity index is 0.00000144. The summed E-state index contributed by atoms with van der Waals surface area (Å²) in [5, 5.41) is 17.0. The molecule has 1 atom stereocenters. The molecule has 0 saturated carbocycles. The Labute approximate surface area is 104 Å². The molecule has 1 aliphatic rings. The van der Waals surface area contributed by atoms with E-state index in [9.17, 15) is 14.5 Å². The molecule has 5 nitrogen and oxygen atoms in total. The molecule has 1 aromatic carbocycles. The fourth-order valence-electron chi connectivity index (χ4n) is 1.78. The van der Waals surface area contributed by atoms with E-state index in [2.05, 4.69) is 10.6 Å². The minimum absolute atomic E-state index is 0. The lowest BCUT2D eigenvalue weighted by Crippen LogP contribution is -2.42. The zero-order valence-electron chi connectivity index (χ0n) is 8.98. The molecule has 2 rings (SSSR count). The molecule has 0 unspecified atom stereocenters. The molecule has 0 aliphatic carbocycles. The third-order valence-corrected chi connectivity index (χ3v) is 2.61. The Morgan fingerprint density at radius 2 is 2.18 bits per heavy atom. The molecule has 1 heterocycles. The van der Waals surface area contributed by atoms with Gasteiger partial charge in [0.25, 0.3) is 0 Å². The summed E-state index contributed by atoms with van der Waals surface area (Å²) in [6, 6.07) is 4.02. The van der Waals surface area contributed by atoms with Gasteiger partial charge in [-0.3, -0.25) is 10.1 Å². The molecule has 0 spiro atoms. The second kappa shape index (κ2) is 5.90. The van der Waals surface area contributed by atoms with Crippen LogP contribution in [0.15, 0.2) is 18.2 Å². The third-order valence-electron chi connectivity index (χ3n) is 2.61. The first-order valence-corrected chi connectivity index (χ1v) is 5.06. The number of rotatable bonds is 2. The highest BCUT2D eigenvalue weighted by Crippen LogP contribution is 2.22. The van der Waals surface area contributed by atoms with E-state index in [4.69, 9.17) is 0 Å². The molecule has 1 aliphatic heterocycles. The number of piperazine rings is 1. The highest BCUT2D eigenvalue weighted by atomic mass is 35.5. The highest BCUT2D eigenvalue weighted by Gasteiger charge is 2.20. The lowest BCUT2D eigenvalue weighted by Gasteiger charge is -2.24. The van der Waals surface area contributed by atoms with Crippen LogP contribution in [0.3, 0.4) is 0 Å². The van der Waals surface area contributed by atoms with Gasteiger partial charge in [-0.15, -0.1) is 12.4 Å². The van der Waals surface area contributed by atoms with Gasteiger partial charge < -0.3 is 10.6 Å². The number of halogens is 2. The van der Waals surface area contributed by atoms with E-state index >= 15 is 0 Å². The molecule has 7 heteroatoms. The van der Waals surface area contributed by atoms with Gasteiger partial charge in [-0.05, 0) is 11.6 Å². The SMILES string of the molecule is Cl.O=[N+]([O-])c1cc([C@H]2CNCCN2)ccc1F. The summed E-state index contributed by atoms with van der Waals surface area (Å²) in [6.07, 6.45) is 0. The minimum Gasteiger partial charge on any atom is -0.314 e. The summed E-state index contributed by atoms with van der Waals surface area (Å²) in [7, 11) is 0. The topological polar surface area (TPSA) is 67.2 Å². The number of benzene rings is 1. The van der Waals surface area contributed by atoms with Crippen LogP contribution in [0.5, 0.6) is 0 Å². The summed E-state index contributed by atoms with van der Waals surface area (Å²) in [4.78, 5) is 9.89. The molecule has 0 bridgehead atoms. The first-order valence-electron chi connectivity index (χ1n) is 5.06. The van der Waals surface area contributed by atoms with Gasteiger partial charge in [-0.1, -0.05) is 6.07 Å². The van der Waals surface area contributed by atoms with E-state index in [1.165, 1.54) is 6.07 Å². The number of nitro benzene ring substituents is 1. The van der Waals surface area contributed by atoms with Crippen LogP contribution in [0.1, 0.15) is 11.6 Å². The van der Waals surface area contributed by atoms with Crippen molar-refractivity contribution in [3.8, 4) is 0 Å². The maximum atomic E-state index is 13.1. The van der Waals surface area contributed by atoms with Crippen LogP contribution in [-0.4, -0.2) is 24.6 Å². The van der Waals surface area contributed by atoms with E-state index in [1.807, 2.05) is 0 Å². The van der Waals surface area contributed by atoms with Gasteiger partial charge in [0.2, 0.25) is 5.82 Å². The molecule has 2 N–H and O–H groups in total. The molecule has 1 aromatic rings. The molecule has 17 heavy (non-hydrogen) atoms. The second-order valence-electron chi connectivity index (χ2n) is 3.68. The van der Waals surface area contributed by atoms with Gasteiger partial charge >= 0.3 is 5.69 Å². The fraction of sp³-hybridized carbons (Fsp3) is 0.400. The van der Waals surface area contributed by atoms with Gasteiger partial charge in [-0.25, -0.2) is 0 Å². The predicted molar refractivity (Wildman–Crippen MR) is 63.9 cm³/mol. The van der Waals surface area contributed by atoms with Crippen molar-refractivity contribution in [2.24, 2.45) is 0 Å². The monoisotopic (exact) mass is 261 g/mol. The number of hydrogen-bond donors (Lipinski definition) is 2. The van der Waals surface area contributed by atoms with Gasteiger partial charge in [0.1, 0.15) is 0 Å². The number of nitrogens with one attached hydrogen (secondary N) is 2. The predicted octanol–water partition coefficient (Wildman–Crippen LogP) is 1.39. The summed E-state index contributed by atoms with van der Waals surface area (Å²) >= 11 is 0. The Morgan fingerprint density at radius 1 is 1.41 bits per heavy atom. The molecular formula is C10H13ClFN3O2. The summed E-state index contributed by atoms with van der Waals surface area (Å²) in [5.74, 6) is -0.794. The number of hydrogen-bond acceptors (Lipinski definition) is 4. The Morgan fingerprint density at radius 3 is 2.76 bits per heavy atom. The lowest BCUT2D eigenvalue weighted by molar-refractivity contribution is -0.387. The van der Waals surface area contributed by atoms with Crippen molar-refractivity contribution >= 4 is 18.1 Å². The van der Waals surface area contributed by atoms with E-state index in [-0.39, 0.29) is 18.4 Å². The Hall–Kier alpha value is -1.24. The van der Waals surface area contributed by atoms with Crippen molar-refractivity contribution in [1.82, 2.24) is 10.6 Å². The van der Waals surface area contributed by atoms with Crippen molar-refractivity contribution in [1.29, 1.82) is 0 Å². The number of nitrogens with zero attached hydrogens (tertiary/aromatic N) is 1. The zero-order chi connectivity index (χ0) is 11.5. The standard InChI is InChI=1S/C10H12FN3O2.ClH/c11-8-2-1-7(5-10(8)14(15)16)9-6-12-3-4-13-9;/h1-2,5,9,12-13H,3-4,6H2;1H/t9-;/m1./s1. The van der Waals surface area contributed by atoms with Gasteiger partial charge in [0.05, 0.1) is 4.92 Å². The average Bonchev–Trinajstić information content (AvgIpc) is 2.30. The van der Waals surface area contributed by atoms with Crippen LogP contribution in [0.2, 0.25) is 0 Å². The molecule has 94 valence electrons. The van der Waals surface area contributed by atoms with Crippen LogP contribution in [0.25, 0.3) is 0 Å². The third kappa shape index (κ3) is 3.12. The van der Waals surface area contributed by atoms with Gasteiger partial charge in [0, 0.05) is 31.7 Å². The number of nitro groups is 1. The summed E-state index contributed by atoms with van der Waals surface area (Å²) < 4.78 is 13.1. The minimum atomic E-state index is -0.794. The van der Waals surface area contributed by atoms with Crippen molar-refractivity contribution in [3.05, 3.63) is 39.7 Å². The van der Waals surface area contributed by atoms with Crippen molar-refractivity contribution < 1.29 is 9.31 Å².